The van der Waals surface area contributed by atoms with Crippen molar-refractivity contribution in [2.45, 2.75) is 32.3 Å². The van der Waals surface area contributed by atoms with E-state index in [1.807, 2.05) is 13.8 Å². The molecule has 1 rings (SSSR count). The number of halogens is 1. The van der Waals surface area contributed by atoms with Gasteiger partial charge in [0.2, 0.25) is 0 Å². The van der Waals surface area contributed by atoms with Crippen molar-refractivity contribution in [3.05, 3.63) is 34.9 Å². The largest absolute Gasteiger partial charge is 0.379 e. The molecule has 16 heavy (non-hydrogen) atoms. The summed E-state index contributed by atoms with van der Waals surface area (Å²) in [5.41, 5.74) is 0.410. The van der Waals surface area contributed by atoms with Crippen LogP contribution in [-0.2, 0) is 4.74 Å². The molecule has 0 amide bonds. The molecular weight excluding hydrogens is 224 g/mol. The molecule has 0 aliphatic rings. The van der Waals surface area contributed by atoms with Gasteiger partial charge in [0.15, 0.2) is 5.78 Å². The number of ketones is 1. The lowest BCUT2D eigenvalue weighted by Crippen LogP contribution is -2.23. The molecule has 0 radical (unpaired) electrons. The molecule has 0 unspecified atom stereocenters. The zero-order valence-electron chi connectivity index (χ0n) is 9.92. The lowest BCUT2D eigenvalue weighted by Gasteiger charge is -2.22. The van der Waals surface area contributed by atoms with Gasteiger partial charge in [0, 0.05) is 24.1 Å². The monoisotopic (exact) mass is 240 g/mol. The fraction of sp³-hybridized carbons (Fsp3) is 0.462. The van der Waals surface area contributed by atoms with Crippen LogP contribution in [0.4, 0.5) is 0 Å². The maximum atomic E-state index is 11.8. The highest BCUT2D eigenvalue weighted by Gasteiger charge is 2.18. The molecular formula is C13H17ClO2. The number of rotatable bonds is 5. The quantitative estimate of drug-likeness (QED) is 0.733. The standard InChI is InChI=1S/C13H17ClO2/c1-13(2,16-3)8-7-12(15)10-5-4-6-11(14)9-10/h4-6,9H,7-8H2,1-3H3. The zero-order chi connectivity index (χ0) is 12.2. The van der Waals surface area contributed by atoms with E-state index in [2.05, 4.69) is 0 Å². The van der Waals surface area contributed by atoms with E-state index in [0.29, 0.717) is 23.4 Å². The van der Waals surface area contributed by atoms with Crippen LogP contribution in [0, 0.1) is 0 Å². The van der Waals surface area contributed by atoms with Gasteiger partial charge in [-0.05, 0) is 32.4 Å². The second-order valence-corrected chi connectivity index (χ2v) is 4.83. The zero-order valence-corrected chi connectivity index (χ0v) is 10.7. The van der Waals surface area contributed by atoms with E-state index >= 15 is 0 Å². The summed E-state index contributed by atoms with van der Waals surface area (Å²) in [5, 5.41) is 0.594. The van der Waals surface area contributed by atoms with Crippen LogP contribution in [0.3, 0.4) is 0 Å². The van der Waals surface area contributed by atoms with E-state index < -0.39 is 0 Å². The van der Waals surface area contributed by atoms with Crippen molar-refractivity contribution in [2.24, 2.45) is 0 Å². The van der Waals surface area contributed by atoms with Gasteiger partial charge in [0.1, 0.15) is 0 Å². The maximum absolute atomic E-state index is 11.8. The van der Waals surface area contributed by atoms with E-state index in [0.717, 1.165) is 0 Å². The molecule has 88 valence electrons. The lowest BCUT2D eigenvalue weighted by molar-refractivity contribution is 0.0141. The van der Waals surface area contributed by atoms with Gasteiger partial charge >= 0.3 is 0 Å². The topological polar surface area (TPSA) is 26.3 Å². The Bertz CT molecular complexity index is 372. The molecule has 0 saturated carbocycles. The molecule has 2 nitrogen and oxygen atoms in total. The van der Waals surface area contributed by atoms with Crippen molar-refractivity contribution in [1.82, 2.24) is 0 Å². The van der Waals surface area contributed by atoms with Crippen molar-refractivity contribution in [2.75, 3.05) is 7.11 Å². The summed E-state index contributed by atoms with van der Waals surface area (Å²) >= 11 is 5.83. The van der Waals surface area contributed by atoms with Crippen LogP contribution in [0.1, 0.15) is 37.0 Å². The molecule has 0 saturated heterocycles. The van der Waals surface area contributed by atoms with Crippen LogP contribution in [0.5, 0.6) is 0 Å². The van der Waals surface area contributed by atoms with E-state index in [1.165, 1.54) is 0 Å². The minimum absolute atomic E-state index is 0.104. The average molecular weight is 241 g/mol. The summed E-state index contributed by atoms with van der Waals surface area (Å²) in [4.78, 5) is 11.8. The Morgan fingerprint density at radius 1 is 1.44 bits per heavy atom. The number of carbonyl (C=O) groups excluding carboxylic acids is 1. The summed E-state index contributed by atoms with van der Waals surface area (Å²) in [6, 6.07) is 7.03. The number of ether oxygens (including phenoxy) is 1. The van der Waals surface area contributed by atoms with Gasteiger partial charge in [0.25, 0.3) is 0 Å². The molecule has 0 aliphatic heterocycles. The summed E-state index contributed by atoms with van der Waals surface area (Å²) in [5.74, 6) is 0.104. The summed E-state index contributed by atoms with van der Waals surface area (Å²) < 4.78 is 5.27. The fourth-order valence-electron chi connectivity index (χ4n) is 1.32. The van der Waals surface area contributed by atoms with Gasteiger partial charge in [-0.25, -0.2) is 0 Å². The van der Waals surface area contributed by atoms with E-state index in [1.54, 1.807) is 31.4 Å². The predicted octanol–water partition coefficient (Wildman–Crippen LogP) is 3.73. The van der Waals surface area contributed by atoms with Gasteiger partial charge < -0.3 is 4.74 Å². The third kappa shape index (κ3) is 3.95. The minimum atomic E-state index is -0.256. The molecule has 0 atom stereocenters. The second-order valence-electron chi connectivity index (χ2n) is 4.40. The number of benzene rings is 1. The smallest absolute Gasteiger partial charge is 0.163 e. The number of Topliss-reactive ketones (excluding diaryl/α,β-unsaturated/α-hetero) is 1. The van der Waals surface area contributed by atoms with Gasteiger partial charge in [-0.15, -0.1) is 0 Å². The predicted molar refractivity (Wildman–Crippen MR) is 66.1 cm³/mol. The van der Waals surface area contributed by atoms with Crippen molar-refractivity contribution in [3.63, 3.8) is 0 Å². The molecule has 0 bridgehead atoms. The summed E-state index contributed by atoms with van der Waals surface area (Å²) in [6.45, 7) is 3.94. The molecule has 0 aromatic heterocycles. The maximum Gasteiger partial charge on any atom is 0.163 e. The Kier molecular flexibility index (Phi) is 4.51. The first-order valence-corrected chi connectivity index (χ1v) is 5.66. The number of carbonyl (C=O) groups is 1. The normalized spacial score (nSPS) is 11.5. The van der Waals surface area contributed by atoms with Crippen molar-refractivity contribution >= 4 is 17.4 Å². The fourth-order valence-corrected chi connectivity index (χ4v) is 1.51. The molecule has 0 heterocycles. The Labute approximate surface area is 102 Å². The molecule has 0 N–H and O–H groups in total. The highest BCUT2D eigenvalue weighted by Crippen LogP contribution is 2.18. The van der Waals surface area contributed by atoms with E-state index in [4.69, 9.17) is 16.3 Å². The second kappa shape index (κ2) is 5.46. The van der Waals surface area contributed by atoms with Crippen LogP contribution >= 0.6 is 11.6 Å². The Morgan fingerprint density at radius 3 is 2.69 bits per heavy atom. The van der Waals surface area contributed by atoms with Gasteiger partial charge in [-0.1, -0.05) is 23.7 Å². The third-order valence-corrected chi connectivity index (χ3v) is 2.89. The average Bonchev–Trinajstić information content (AvgIpc) is 2.26. The molecule has 0 fully saturated rings. The summed E-state index contributed by atoms with van der Waals surface area (Å²) in [7, 11) is 1.66. The van der Waals surface area contributed by atoms with E-state index in [-0.39, 0.29) is 11.4 Å². The minimum Gasteiger partial charge on any atom is -0.379 e. The third-order valence-electron chi connectivity index (χ3n) is 2.65. The van der Waals surface area contributed by atoms with Crippen molar-refractivity contribution in [1.29, 1.82) is 0 Å². The molecule has 0 aliphatic carbocycles. The molecule has 1 aromatic carbocycles. The SMILES string of the molecule is COC(C)(C)CCC(=O)c1cccc(Cl)c1. The highest BCUT2D eigenvalue weighted by molar-refractivity contribution is 6.31. The first kappa shape index (κ1) is 13.2. The Hall–Kier alpha value is -0.860. The Balaban J connectivity index is 2.60. The van der Waals surface area contributed by atoms with E-state index in [9.17, 15) is 4.79 Å². The van der Waals surface area contributed by atoms with Crippen molar-refractivity contribution < 1.29 is 9.53 Å². The van der Waals surface area contributed by atoms with Crippen molar-refractivity contribution in [3.8, 4) is 0 Å². The number of hydrogen-bond acceptors (Lipinski definition) is 2. The van der Waals surface area contributed by atoms with Crippen LogP contribution in [0.15, 0.2) is 24.3 Å². The molecule has 3 heteroatoms. The molecule has 0 spiro atoms. The van der Waals surface area contributed by atoms with Crippen LogP contribution in [0.2, 0.25) is 5.02 Å². The highest BCUT2D eigenvalue weighted by atomic mass is 35.5. The lowest BCUT2D eigenvalue weighted by atomic mass is 9.98. The number of hydrogen-bond donors (Lipinski definition) is 0. The van der Waals surface area contributed by atoms with Gasteiger partial charge in [-0.3, -0.25) is 4.79 Å². The van der Waals surface area contributed by atoms with Crippen LogP contribution < -0.4 is 0 Å². The van der Waals surface area contributed by atoms with Crippen LogP contribution in [-0.4, -0.2) is 18.5 Å². The van der Waals surface area contributed by atoms with Gasteiger partial charge in [0.05, 0.1) is 5.60 Å². The first-order valence-electron chi connectivity index (χ1n) is 5.28. The van der Waals surface area contributed by atoms with Crippen LogP contribution in [0.25, 0.3) is 0 Å². The summed E-state index contributed by atoms with van der Waals surface area (Å²) in [6.07, 6.45) is 1.18. The first-order chi connectivity index (χ1) is 7.44. The Morgan fingerprint density at radius 2 is 2.12 bits per heavy atom. The molecule has 1 aromatic rings. The number of methoxy groups -OCH3 is 1. The van der Waals surface area contributed by atoms with Gasteiger partial charge in [-0.2, -0.15) is 0 Å².